The molecule has 3 aromatic carbocycles. The Morgan fingerprint density at radius 3 is 2.00 bits per heavy atom. The van der Waals surface area contributed by atoms with Crippen molar-refractivity contribution in [3.05, 3.63) is 94.0 Å². The minimum Gasteiger partial charge on any atom is -0.350 e. The molecular formula is C29H33Cl2N3O4S. The van der Waals surface area contributed by atoms with Crippen LogP contribution in [0, 0.1) is 6.92 Å². The number of carbonyl (C=O) groups is 2. The van der Waals surface area contributed by atoms with E-state index in [9.17, 15) is 18.0 Å². The summed E-state index contributed by atoms with van der Waals surface area (Å²) < 4.78 is 28.6. The summed E-state index contributed by atoms with van der Waals surface area (Å²) in [4.78, 5) is 28.5. The van der Waals surface area contributed by atoms with Crippen molar-refractivity contribution in [3.8, 4) is 0 Å². The van der Waals surface area contributed by atoms with Crippen molar-refractivity contribution in [2.75, 3.05) is 10.8 Å². The second-order valence-corrected chi connectivity index (χ2v) is 13.0. The summed E-state index contributed by atoms with van der Waals surface area (Å²) in [6.45, 7) is 8.33. The Labute approximate surface area is 240 Å². The standard InChI is InChI=1S/C29H33Cl2N3O4S/c1-20-14-16-22(17-15-20)34(39(37,38)23-10-7-6-8-11-23)19-27(35)33(21(2)28(36)32-29(3,4)5)18-24-25(30)12-9-13-26(24)31/h6-17,21H,18-19H2,1-5H3,(H,32,36)/t21-/m1/s1. The Morgan fingerprint density at radius 1 is 0.897 bits per heavy atom. The third-order valence-electron chi connectivity index (χ3n) is 5.99. The highest BCUT2D eigenvalue weighted by Crippen LogP contribution is 2.28. The molecule has 208 valence electrons. The van der Waals surface area contributed by atoms with Gasteiger partial charge in [-0.05, 0) is 71.0 Å². The van der Waals surface area contributed by atoms with Crippen molar-refractivity contribution in [2.45, 2.75) is 57.6 Å². The second-order valence-electron chi connectivity index (χ2n) is 10.3. The Hall–Kier alpha value is -3.07. The van der Waals surface area contributed by atoms with Gasteiger partial charge in [-0.25, -0.2) is 8.42 Å². The first-order chi connectivity index (χ1) is 18.2. The zero-order valence-electron chi connectivity index (χ0n) is 22.6. The Bertz CT molecular complexity index is 1400. The topological polar surface area (TPSA) is 86.8 Å². The van der Waals surface area contributed by atoms with Crippen molar-refractivity contribution in [1.29, 1.82) is 0 Å². The number of rotatable bonds is 9. The lowest BCUT2D eigenvalue weighted by Crippen LogP contribution is -2.54. The van der Waals surface area contributed by atoms with E-state index in [4.69, 9.17) is 23.2 Å². The van der Waals surface area contributed by atoms with Gasteiger partial charge in [0.2, 0.25) is 11.8 Å². The van der Waals surface area contributed by atoms with Crippen LogP contribution < -0.4 is 9.62 Å². The van der Waals surface area contributed by atoms with Crippen LogP contribution in [-0.2, 0) is 26.2 Å². The maximum absolute atomic E-state index is 14.0. The zero-order valence-corrected chi connectivity index (χ0v) is 24.9. The molecule has 0 saturated carbocycles. The zero-order chi connectivity index (χ0) is 29.0. The second kappa shape index (κ2) is 12.4. The molecule has 0 spiro atoms. The number of carbonyl (C=O) groups excluding carboxylic acids is 2. The SMILES string of the molecule is Cc1ccc(N(CC(=O)N(Cc2c(Cl)cccc2Cl)[C@H](C)C(=O)NC(C)(C)C)S(=O)(=O)c2ccccc2)cc1. The van der Waals surface area contributed by atoms with Gasteiger partial charge in [0.25, 0.3) is 10.0 Å². The van der Waals surface area contributed by atoms with Crippen LogP contribution in [0.25, 0.3) is 0 Å². The molecule has 2 amide bonds. The van der Waals surface area contributed by atoms with E-state index in [2.05, 4.69) is 5.32 Å². The maximum Gasteiger partial charge on any atom is 0.264 e. The van der Waals surface area contributed by atoms with Crippen LogP contribution in [0.15, 0.2) is 77.7 Å². The van der Waals surface area contributed by atoms with Gasteiger partial charge in [-0.3, -0.25) is 13.9 Å². The van der Waals surface area contributed by atoms with Gasteiger partial charge in [-0.2, -0.15) is 0 Å². The average Bonchev–Trinajstić information content (AvgIpc) is 2.86. The quantitative estimate of drug-likeness (QED) is 0.340. The number of halogens is 2. The number of hydrogen-bond acceptors (Lipinski definition) is 4. The molecule has 1 atom stereocenters. The highest BCUT2D eigenvalue weighted by atomic mass is 35.5. The lowest BCUT2D eigenvalue weighted by Gasteiger charge is -2.33. The molecular weight excluding hydrogens is 557 g/mol. The maximum atomic E-state index is 14.0. The number of nitrogens with one attached hydrogen (secondary N) is 1. The largest absolute Gasteiger partial charge is 0.350 e. The first-order valence-electron chi connectivity index (χ1n) is 12.4. The molecule has 7 nitrogen and oxygen atoms in total. The fraction of sp³-hybridized carbons (Fsp3) is 0.310. The highest BCUT2D eigenvalue weighted by Gasteiger charge is 2.33. The van der Waals surface area contributed by atoms with Gasteiger partial charge in [0.1, 0.15) is 12.6 Å². The highest BCUT2D eigenvalue weighted by molar-refractivity contribution is 7.92. The van der Waals surface area contributed by atoms with E-state index in [0.717, 1.165) is 9.87 Å². The van der Waals surface area contributed by atoms with E-state index >= 15 is 0 Å². The van der Waals surface area contributed by atoms with E-state index in [0.29, 0.717) is 21.3 Å². The number of sulfonamides is 1. The van der Waals surface area contributed by atoms with E-state index < -0.39 is 40.0 Å². The van der Waals surface area contributed by atoms with Crippen molar-refractivity contribution < 1.29 is 18.0 Å². The van der Waals surface area contributed by atoms with Gasteiger partial charge in [0.05, 0.1) is 10.6 Å². The summed E-state index contributed by atoms with van der Waals surface area (Å²) in [6.07, 6.45) is 0. The predicted molar refractivity (Wildman–Crippen MR) is 157 cm³/mol. The first-order valence-corrected chi connectivity index (χ1v) is 14.6. The summed E-state index contributed by atoms with van der Waals surface area (Å²) in [5.41, 5.74) is 1.16. The minimum atomic E-state index is -4.13. The average molecular weight is 591 g/mol. The van der Waals surface area contributed by atoms with Gasteiger partial charge >= 0.3 is 0 Å². The molecule has 0 bridgehead atoms. The van der Waals surface area contributed by atoms with Crippen molar-refractivity contribution in [2.24, 2.45) is 0 Å². The molecule has 0 saturated heterocycles. The van der Waals surface area contributed by atoms with Crippen LogP contribution in [0.1, 0.15) is 38.8 Å². The van der Waals surface area contributed by atoms with Gasteiger partial charge < -0.3 is 10.2 Å². The molecule has 0 heterocycles. The molecule has 10 heteroatoms. The molecule has 0 unspecified atom stereocenters. The smallest absolute Gasteiger partial charge is 0.264 e. The Balaban J connectivity index is 2.06. The van der Waals surface area contributed by atoms with Crippen LogP contribution in [0.4, 0.5) is 5.69 Å². The first kappa shape index (κ1) is 30.5. The molecule has 0 radical (unpaired) electrons. The Kier molecular flexibility index (Phi) is 9.69. The Morgan fingerprint density at radius 2 is 1.46 bits per heavy atom. The van der Waals surface area contributed by atoms with E-state index in [1.54, 1.807) is 67.6 Å². The number of hydrogen-bond donors (Lipinski definition) is 1. The molecule has 0 aliphatic heterocycles. The number of benzene rings is 3. The molecule has 0 aliphatic carbocycles. The lowest BCUT2D eigenvalue weighted by molar-refractivity contribution is -0.140. The molecule has 39 heavy (non-hydrogen) atoms. The van der Waals surface area contributed by atoms with Crippen LogP contribution in [0.5, 0.6) is 0 Å². The number of anilines is 1. The number of amides is 2. The molecule has 3 aromatic rings. The molecule has 0 aromatic heterocycles. The van der Waals surface area contributed by atoms with Gasteiger partial charge in [-0.15, -0.1) is 0 Å². The van der Waals surface area contributed by atoms with E-state index in [1.807, 2.05) is 27.7 Å². The van der Waals surface area contributed by atoms with E-state index in [1.165, 1.54) is 17.0 Å². The van der Waals surface area contributed by atoms with Gasteiger partial charge in [-0.1, -0.05) is 65.2 Å². The normalized spacial score (nSPS) is 12.5. The van der Waals surface area contributed by atoms with Crippen LogP contribution in [-0.4, -0.2) is 43.3 Å². The third kappa shape index (κ3) is 7.75. The summed E-state index contributed by atoms with van der Waals surface area (Å²) in [5.74, 6) is -0.991. The van der Waals surface area contributed by atoms with Crippen molar-refractivity contribution >= 4 is 50.7 Å². The fourth-order valence-electron chi connectivity index (χ4n) is 3.87. The molecule has 3 rings (SSSR count). The molecule has 0 aliphatic rings. The van der Waals surface area contributed by atoms with E-state index in [-0.39, 0.29) is 11.4 Å². The summed E-state index contributed by atoms with van der Waals surface area (Å²) in [7, 11) is -4.13. The van der Waals surface area contributed by atoms with Crippen molar-refractivity contribution in [3.63, 3.8) is 0 Å². The van der Waals surface area contributed by atoms with Crippen LogP contribution in [0.3, 0.4) is 0 Å². The fourth-order valence-corrected chi connectivity index (χ4v) is 5.82. The molecule has 1 N–H and O–H groups in total. The lowest BCUT2D eigenvalue weighted by atomic mass is 10.1. The van der Waals surface area contributed by atoms with Gasteiger partial charge in [0, 0.05) is 27.7 Å². The monoisotopic (exact) mass is 589 g/mol. The summed E-state index contributed by atoms with van der Waals surface area (Å²) in [6, 6.07) is 18.7. The summed E-state index contributed by atoms with van der Waals surface area (Å²) in [5, 5.41) is 3.55. The molecule has 0 fully saturated rings. The van der Waals surface area contributed by atoms with Crippen LogP contribution in [0.2, 0.25) is 10.0 Å². The van der Waals surface area contributed by atoms with Gasteiger partial charge in [0.15, 0.2) is 0 Å². The third-order valence-corrected chi connectivity index (χ3v) is 8.48. The van der Waals surface area contributed by atoms with Crippen LogP contribution >= 0.6 is 23.2 Å². The predicted octanol–water partition coefficient (Wildman–Crippen LogP) is 5.83. The van der Waals surface area contributed by atoms with Crippen molar-refractivity contribution in [1.82, 2.24) is 10.2 Å². The summed E-state index contributed by atoms with van der Waals surface area (Å²) >= 11 is 12.8. The number of nitrogens with zero attached hydrogens (tertiary/aromatic N) is 2. The number of aryl methyl sites for hydroxylation is 1. The minimum absolute atomic E-state index is 0.0394.